The highest BCUT2D eigenvalue weighted by atomic mass is 35.5. The van der Waals surface area contributed by atoms with E-state index in [4.69, 9.17) is 23.2 Å². The molecular formula is C21H15Cl2N3O3S. The van der Waals surface area contributed by atoms with Crippen LogP contribution in [-0.2, 0) is 16.0 Å². The maximum Gasteiger partial charge on any atom is 0.257 e. The van der Waals surface area contributed by atoms with Crippen molar-refractivity contribution in [3.05, 3.63) is 74.7 Å². The van der Waals surface area contributed by atoms with Crippen molar-refractivity contribution >= 4 is 63.1 Å². The zero-order valence-corrected chi connectivity index (χ0v) is 17.9. The van der Waals surface area contributed by atoms with Crippen molar-refractivity contribution in [2.24, 2.45) is 0 Å². The zero-order valence-electron chi connectivity index (χ0n) is 15.5. The first kappa shape index (κ1) is 20.5. The van der Waals surface area contributed by atoms with Crippen LogP contribution in [0.3, 0.4) is 0 Å². The Bertz CT molecular complexity index is 1130. The molecule has 2 heterocycles. The number of hydrogen-bond acceptors (Lipinski definition) is 5. The Balaban J connectivity index is 1.42. The Hall–Kier alpha value is -2.74. The molecule has 6 nitrogen and oxygen atoms in total. The number of rotatable bonds is 5. The minimum absolute atomic E-state index is 0.216. The van der Waals surface area contributed by atoms with Crippen LogP contribution in [0.1, 0.15) is 33.6 Å². The van der Waals surface area contributed by atoms with Gasteiger partial charge in [0.1, 0.15) is 0 Å². The van der Waals surface area contributed by atoms with Crippen LogP contribution in [0.25, 0.3) is 0 Å². The third-order valence-electron chi connectivity index (χ3n) is 4.61. The molecule has 0 aliphatic carbocycles. The first-order valence-corrected chi connectivity index (χ1v) is 10.6. The fourth-order valence-electron chi connectivity index (χ4n) is 3.12. The standard InChI is InChI=1S/C21H15Cl2N3O3S/c22-16-3-1-2-13(19(16)23)10-15-11-24-21(30-15)25-20(29)12-4-6-14(7-5-12)26-17(27)8-9-18(26)28/h1-7,11H,8-10H2,(H,24,25,29). The zero-order chi connectivity index (χ0) is 21.3. The van der Waals surface area contributed by atoms with Gasteiger partial charge >= 0.3 is 0 Å². The van der Waals surface area contributed by atoms with E-state index in [0.29, 0.717) is 32.8 Å². The third kappa shape index (κ3) is 4.23. The molecule has 3 amide bonds. The number of hydrogen-bond donors (Lipinski definition) is 1. The van der Waals surface area contributed by atoms with Crippen LogP contribution in [0.5, 0.6) is 0 Å². The van der Waals surface area contributed by atoms with E-state index in [1.54, 1.807) is 36.5 Å². The molecule has 0 bridgehead atoms. The first-order valence-electron chi connectivity index (χ1n) is 9.07. The summed E-state index contributed by atoms with van der Waals surface area (Å²) in [6.07, 6.45) is 2.67. The van der Waals surface area contributed by atoms with E-state index in [0.717, 1.165) is 15.3 Å². The van der Waals surface area contributed by atoms with Gasteiger partial charge in [-0.25, -0.2) is 4.98 Å². The van der Waals surface area contributed by atoms with Crippen molar-refractivity contribution in [3.63, 3.8) is 0 Å². The molecule has 1 aliphatic heterocycles. The van der Waals surface area contributed by atoms with Gasteiger partial charge in [0.05, 0.1) is 15.7 Å². The van der Waals surface area contributed by atoms with Crippen LogP contribution in [0.15, 0.2) is 48.7 Å². The van der Waals surface area contributed by atoms with Crippen molar-refractivity contribution in [1.29, 1.82) is 0 Å². The van der Waals surface area contributed by atoms with Gasteiger partial charge in [-0.15, -0.1) is 11.3 Å². The molecule has 0 unspecified atom stereocenters. The number of halogens is 2. The molecule has 0 saturated carbocycles. The van der Waals surface area contributed by atoms with Gasteiger partial charge in [0.2, 0.25) is 11.8 Å². The van der Waals surface area contributed by atoms with E-state index in [1.165, 1.54) is 11.3 Å². The molecule has 1 fully saturated rings. The Kier molecular flexibility index (Phi) is 5.85. The number of anilines is 2. The summed E-state index contributed by atoms with van der Waals surface area (Å²) in [6, 6.07) is 11.8. The predicted molar refractivity (Wildman–Crippen MR) is 118 cm³/mol. The van der Waals surface area contributed by atoms with Crippen LogP contribution in [0, 0.1) is 0 Å². The van der Waals surface area contributed by atoms with E-state index < -0.39 is 0 Å². The number of imide groups is 1. The number of aromatic nitrogens is 1. The molecule has 30 heavy (non-hydrogen) atoms. The quantitative estimate of drug-likeness (QED) is 0.547. The Morgan fingerprint density at radius 3 is 2.47 bits per heavy atom. The minimum Gasteiger partial charge on any atom is -0.298 e. The molecule has 2 aromatic carbocycles. The number of amides is 3. The molecule has 1 aliphatic rings. The summed E-state index contributed by atoms with van der Waals surface area (Å²) in [6.45, 7) is 0. The normalized spacial score (nSPS) is 13.7. The summed E-state index contributed by atoms with van der Waals surface area (Å²) in [4.78, 5) is 42.5. The Morgan fingerprint density at radius 1 is 1.07 bits per heavy atom. The van der Waals surface area contributed by atoms with Gasteiger partial charge in [0.25, 0.3) is 5.91 Å². The fourth-order valence-corrected chi connectivity index (χ4v) is 4.33. The fraction of sp³-hybridized carbons (Fsp3) is 0.143. The van der Waals surface area contributed by atoms with Gasteiger partial charge in [0, 0.05) is 35.9 Å². The number of carbonyl (C=O) groups excluding carboxylic acids is 3. The van der Waals surface area contributed by atoms with Crippen molar-refractivity contribution in [3.8, 4) is 0 Å². The summed E-state index contributed by atoms with van der Waals surface area (Å²) in [5.74, 6) is -0.790. The molecule has 1 N–H and O–H groups in total. The molecule has 9 heteroatoms. The molecule has 0 atom stereocenters. The molecule has 4 rings (SSSR count). The van der Waals surface area contributed by atoms with Gasteiger partial charge in [-0.3, -0.25) is 24.6 Å². The van der Waals surface area contributed by atoms with E-state index in [9.17, 15) is 14.4 Å². The third-order valence-corrected chi connectivity index (χ3v) is 6.38. The lowest BCUT2D eigenvalue weighted by atomic mass is 10.1. The lowest BCUT2D eigenvalue weighted by Gasteiger charge is -2.13. The maximum absolute atomic E-state index is 12.5. The minimum atomic E-state index is -0.331. The first-order chi connectivity index (χ1) is 14.4. The van der Waals surface area contributed by atoms with Gasteiger partial charge < -0.3 is 0 Å². The number of benzene rings is 2. The van der Waals surface area contributed by atoms with Crippen molar-refractivity contribution in [2.75, 3.05) is 10.2 Å². The van der Waals surface area contributed by atoms with Crippen molar-refractivity contribution in [1.82, 2.24) is 4.98 Å². The van der Waals surface area contributed by atoms with Crippen molar-refractivity contribution in [2.45, 2.75) is 19.3 Å². The van der Waals surface area contributed by atoms with Crippen LogP contribution >= 0.6 is 34.5 Å². The molecule has 0 spiro atoms. The summed E-state index contributed by atoms with van der Waals surface area (Å²) in [7, 11) is 0. The molecule has 3 aromatic rings. The summed E-state index contributed by atoms with van der Waals surface area (Å²) < 4.78 is 0. The largest absolute Gasteiger partial charge is 0.298 e. The predicted octanol–water partition coefficient (Wildman–Crippen LogP) is 4.95. The summed E-state index contributed by atoms with van der Waals surface area (Å²) in [5, 5.41) is 4.22. The van der Waals surface area contributed by atoms with Gasteiger partial charge in [0.15, 0.2) is 5.13 Å². The van der Waals surface area contributed by atoms with Crippen molar-refractivity contribution < 1.29 is 14.4 Å². The second-order valence-electron chi connectivity index (χ2n) is 6.65. The highest BCUT2D eigenvalue weighted by Crippen LogP contribution is 2.30. The molecular weight excluding hydrogens is 445 g/mol. The average molecular weight is 460 g/mol. The Morgan fingerprint density at radius 2 is 1.77 bits per heavy atom. The van der Waals surface area contributed by atoms with Crippen LogP contribution in [0.4, 0.5) is 10.8 Å². The van der Waals surface area contributed by atoms with E-state index in [1.807, 2.05) is 12.1 Å². The number of thiazole rings is 1. The van der Waals surface area contributed by atoms with Gasteiger partial charge in [-0.2, -0.15) is 0 Å². The second kappa shape index (κ2) is 8.55. The maximum atomic E-state index is 12.5. The summed E-state index contributed by atoms with van der Waals surface area (Å²) >= 11 is 13.6. The van der Waals surface area contributed by atoms with E-state index in [-0.39, 0.29) is 30.6 Å². The van der Waals surface area contributed by atoms with Crippen LogP contribution < -0.4 is 10.2 Å². The molecule has 1 saturated heterocycles. The van der Waals surface area contributed by atoms with E-state index in [2.05, 4.69) is 10.3 Å². The number of nitrogens with one attached hydrogen (secondary N) is 1. The smallest absolute Gasteiger partial charge is 0.257 e. The highest BCUT2D eigenvalue weighted by Gasteiger charge is 2.30. The number of carbonyl (C=O) groups is 3. The van der Waals surface area contributed by atoms with E-state index >= 15 is 0 Å². The lowest BCUT2D eigenvalue weighted by Crippen LogP contribution is -2.28. The topological polar surface area (TPSA) is 79.4 Å². The van der Waals surface area contributed by atoms with Gasteiger partial charge in [-0.1, -0.05) is 35.3 Å². The molecule has 1 aromatic heterocycles. The molecule has 0 radical (unpaired) electrons. The summed E-state index contributed by atoms with van der Waals surface area (Å²) in [5.41, 5.74) is 1.74. The Labute approximate surface area is 186 Å². The SMILES string of the molecule is O=C(Nc1ncc(Cc2cccc(Cl)c2Cl)s1)c1ccc(N2C(=O)CCC2=O)cc1. The van der Waals surface area contributed by atoms with Crippen LogP contribution in [-0.4, -0.2) is 22.7 Å². The lowest BCUT2D eigenvalue weighted by molar-refractivity contribution is -0.121. The highest BCUT2D eigenvalue weighted by molar-refractivity contribution is 7.15. The van der Waals surface area contributed by atoms with Gasteiger partial charge in [-0.05, 0) is 35.9 Å². The monoisotopic (exact) mass is 459 g/mol. The average Bonchev–Trinajstić information content (AvgIpc) is 3.31. The second-order valence-corrected chi connectivity index (χ2v) is 8.55. The number of nitrogens with zero attached hydrogens (tertiary/aromatic N) is 2. The van der Waals surface area contributed by atoms with Crippen LogP contribution in [0.2, 0.25) is 10.0 Å². The molecule has 152 valence electrons.